The Kier molecular flexibility index (Phi) is 4.86. The van der Waals surface area contributed by atoms with Gasteiger partial charge >= 0.3 is 0 Å². The van der Waals surface area contributed by atoms with Crippen LogP contribution in [0.3, 0.4) is 0 Å². The second-order valence-electron chi connectivity index (χ2n) is 7.03. The third-order valence-electron chi connectivity index (χ3n) is 4.99. The van der Waals surface area contributed by atoms with Gasteiger partial charge in [0.1, 0.15) is 29.8 Å². The number of aliphatic hydroxyl groups excluding tert-OH is 1. The van der Waals surface area contributed by atoms with Crippen molar-refractivity contribution < 1.29 is 14.2 Å². The summed E-state index contributed by atoms with van der Waals surface area (Å²) >= 11 is 6.30. The van der Waals surface area contributed by atoms with Crippen LogP contribution >= 0.6 is 11.6 Å². The van der Waals surface area contributed by atoms with Gasteiger partial charge in [0, 0.05) is 24.8 Å². The van der Waals surface area contributed by atoms with Crippen LogP contribution in [0.2, 0.25) is 5.02 Å². The highest BCUT2D eigenvalue weighted by Gasteiger charge is 2.18. The number of rotatable bonds is 5. The highest BCUT2D eigenvalue weighted by atomic mass is 35.5. The fourth-order valence-electron chi connectivity index (χ4n) is 3.47. The molecule has 0 aromatic carbocycles. The molecule has 0 spiro atoms. The van der Waals surface area contributed by atoms with E-state index in [9.17, 15) is 9.50 Å². The topological polar surface area (TPSA) is 89.5 Å². The molecule has 4 aromatic heterocycles. The predicted octanol–water partition coefficient (Wildman–Crippen LogP) is 2.60. The van der Waals surface area contributed by atoms with Crippen LogP contribution in [-0.2, 0) is 13.1 Å². The summed E-state index contributed by atoms with van der Waals surface area (Å²) in [5.41, 5.74) is 3.62. The van der Waals surface area contributed by atoms with Gasteiger partial charge in [-0.2, -0.15) is 10.2 Å². The van der Waals surface area contributed by atoms with Crippen molar-refractivity contribution in [3.05, 3.63) is 65.1 Å². The second kappa shape index (κ2) is 7.67. The number of aromatic nitrogens is 5. The number of halogens is 2. The van der Waals surface area contributed by atoms with Crippen molar-refractivity contribution in [1.82, 2.24) is 29.7 Å². The Morgan fingerprint density at radius 3 is 3.00 bits per heavy atom. The first-order chi connectivity index (χ1) is 14.6. The van der Waals surface area contributed by atoms with Crippen LogP contribution in [0.15, 0.2) is 42.9 Å². The molecule has 0 aliphatic carbocycles. The molecule has 2 N–H and O–H groups in total. The maximum Gasteiger partial charge on any atom is 0.147 e. The van der Waals surface area contributed by atoms with Crippen LogP contribution in [0.5, 0.6) is 5.75 Å². The summed E-state index contributed by atoms with van der Waals surface area (Å²) in [6.07, 6.45) is 3.41. The minimum Gasteiger partial charge on any atom is -0.488 e. The van der Waals surface area contributed by atoms with Crippen LogP contribution in [-0.4, -0.2) is 42.6 Å². The Bertz CT molecular complexity index is 1180. The molecule has 4 aromatic rings. The molecule has 0 saturated carbocycles. The van der Waals surface area contributed by atoms with E-state index in [1.54, 1.807) is 4.52 Å². The first-order valence-corrected chi connectivity index (χ1v) is 9.83. The van der Waals surface area contributed by atoms with Crippen molar-refractivity contribution in [1.29, 1.82) is 0 Å². The van der Waals surface area contributed by atoms with Crippen LogP contribution in [0.4, 0.5) is 4.39 Å². The Labute approximate surface area is 175 Å². The lowest BCUT2D eigenvalue weighted by Gasteiger charge is -2.14. The van der Waals surface area contributed by atoms with Crippen molar-refractivity contribution in [2.24, 2.45) is 0 Å². The highest BCUT2D eigenvalue weighted by molar-refractivity contribution is 6.34. The predicted molar refractivity (Wildman–Crippen MR) is 108 cm³/mol. The molecular formula is C20H18ClFN6O2. The summed E-state index contributed by atoms with van der Waals surface area (Å²) in [6.45, 7) is 2.38. The normalized spacial score (nSPS) is 14.6. The molecule has 0 radical (unpaired) electrons. The van der Waals surface area contributed by atoms with Crippen molar-refractivity contribution in [2.75, 3.05) is 13.2 Å². The van der Waals surface area contributed by atoms with Crippen LogP contribution < -0.4 is 10.1 Å². The number of fused-ring (bicyclic) bond motifs is 2. The highest BCUT2D eigenvalue weighted by Crippen LogP contribution is 2.32. The minimum atomic E-state index is -1.03. The van der Waals surface area contributed by atoms with Crippen LogP contribution in [0.25, 0.3) is 16.8 Å². The molecule has 154 valence electrons. The van der Waals surface area contributed by atoms with E-state index in [1.807, 2.05) is 23.0 Å². The molecule has 0 bridgehead atoms. The number of nitrogens with zero attached hydrogens (tertiary/aromatic N) is 5. The quantitative estimate of drug-likeness (QED) is 0.508. The van der Waals surface area contributed by atoms with Gasteiger partial charge in [0.15, 0.2) is 0 Å². The number of hydrogen-bond donors (Lipinski definition) is 2. The molecule has 0 fully saturated rings. The van der Waals surface area contributed by atoms with Crippen molar-refractivity contribution >= 4 is 17.1 Å². The van der Waals surface area contributed by atoms with E-state index < -0.39 is 11.9 Å². The largest absolute Gasteiger partial charge is 0.488 e. The van der Waals surface area contributed by atoms with Gasteiger partial charge in [-0.15, -0.1) is 0 Å². The van der Waals surface area contributed by atoms with E-state index in [2.05, 4.69) is 20.5 Å². The third-order valence-corrected chi connectivity index (χ3v) is 5.26. The van der Waals surface area contributed by atoms with E-state index in [0.717, 1.165) is 42.8 Å². The molecule has 0 amide bonds. The summed E-state index contributed by atoms with van der Waals surface area (Å²) in [5, 5.41) is 23.1. The van der Waals surface area contributed by atoms with Gasteiger partial charge in [0.2, 0.25) is 0 Å². The second-order valence-corrected chi connectivity index (χ2v) is 7.43. The molecule has 5 heterocycles. The van der Waals surface area contributed by atoms with Gasteiger partial charge in [0.25, 0.3) is 0 Å². The minimum absolute atomic E-state index is 0.0805. The van der Waals surface area contributed by atoms with E-state index in [-0.39, 0.29) is 6.61 Å². The monoisotopic (exact) mass is 428 g/mol. The maximum atomic E-state index is 13.1. The maximum absolute atomic E-state index is 13.1. The first kappa shape index (κ1) is 19.0. The Morgan fingerprint density at radius 1 is 1.30 bits per heavy atom. The average molecular weight is 429 g/mol. The molecule has 5 rings (SSSR count). The summed E-state index contributed by atoms with van der Waals surface area (Å²) in [4.78, 5) is 3.90. The van der Waals surface area contributed by atoms with E-state index in [4.69, 9.17) is 16.3 Å². The lowest BCUT2D eigenvalue weighted by molar-refractivity contribution is 0.105. The van der Waals surface area contributed by atoms with Crippen molar-refractivity contribution in [3.63, 3.8) is 0 Å². The molecule has 1 unspecified atom stereocenters. The molecule has 0 saturated heterocycles. The molecule has 1 aliphatic heterocycles. The number of pyridine rings is 2. The average Bonchev–Trinajstić information content (AvgIpc) is 3.36. The van der Waals surface area contributed by atoms with E-state index >= 15 is 0 Å². The molecule has 10 heteroatoms. The van der Waals surface area contributed by atoms with Gasteiger partial charge in [-0.05, 0) is 24.3 Å². The number of aliphatic hydroxyl groups is 1. The van der Waals surface area contributed by atoms with Gasteiger partial charge in [-0.25, -0.2) is 8.91 Å². The van der Waals surface area contributed by atoms with Crippen LogP contribution in [0, 0.1) is 5.82 Å². The fourth-order valence-corrected chi connectivity index (χ4v) is 3.69. The number of nitrogens with one attached hydrogen (secondary N) is 1. The molecule has 8 nitrogen and oxygen atoms in total. The first-order valence-electron chi connectivity index (χ1n) is 9.45. The summed E-state index contributed by atoms with van der Waals surface area (Å²) in [7, 11) is 0. The SMILES string of the molecule is OC(COc1cc(-c2cc3n(n2)CCNC3)cn2ncc(Cl)c12)c1ccc(F)cn1. The molecule has 1 atom stereocenters. The van der Waals surface area contributed by atoms with Gasteiger partial charge in [0.05, 0.1) is 41.0 Å². The number of ether oxygens (including phenoxy) is 1. The lowest BCUT2D eigenvalue weighted by Crippen LogP contribution is -2.28. The summed E-state index contributed by atoms with van der Waals surface area (Å²) < 4.78 is 22.6. The Hall–Kier alpha value is -3.01. The molecule has 1 aliphatic rings. The van der Waals surface area contributed by atoms with Crippen LogP contribution in [0.1, 0.15) is 17.5 Å². The van der Waals surface area contributed by atoms with E-state index in [1.165, 1.54) is 18.3 Å². The van der Waals surface area contributed by atoms with Crippen molar-refractivity contribution in [3.8, 4) is 17.0 Å². The third kappa shape index (κ3) is 3.51. The standard InChI is InChI=1S/C20H18ClFN6O2/c21-15-9-25-28-10-12(17-6-14-8-23-3-4-27(14)26-17)5-19(20(15)28)30-11-18(29)16-2-1-13(22)7-24-16/h1-2,5-7,9-10,18,23,29H,3-4,8,11H2. The smallest absolute Gasteiger partial charge is 0.147 e. The Morgan fingerprint density at radius 2 is 2.20 bits per heavy atom. The number of hydrogen-bond acceptors (Lipinski definition) is 6. The fraction of sp³-hybridized carbons (Fsp3) is 0.250. The molecule has 30 heavy (non-hydrogen) atoms. The summed E-state index contributed by atoms with van der Waals surface area (Å²) in [6, 6.07) is 6.52. The van der Waals surface area contributed by atoms with Gasteiger partial charge < -0.3 is 15.2 Å². The van der Waals surface area contributed by atoms with Gasteiger partial charge in [-0.1, -0.05) is 11.6 Å². The lowest BCUT2D eigenvalue weighted by atomic mass is 10.2. The van der Waals surface area contributed by atoms with Gasteiger partial charge in [-0.3, -0.25) is 9.67 Å². The zero-order chi connectivity index (χ0) is 20.7. The zero-order valence-corrected chi connectivity index (χ0v) is 16.6. The van der Waals surface area contributed by atoms with Crippen molar-refractivity contribution in [2.45, 2.75) is 19.2 Å². The zero-order valence-electron chi connectivity index (χ0n) is 15.8. The molecular weight excluding hydrogens is 411 g/mol. The Balaban J connectivity index is 1.47. The van der Waals surface area contributed by atoms with E-state index in [0.29, 0.717) is 22.0 Å². The summed E-state index contributed by atoms with van der Waals surface area (Å²) in [5.74, 6) is -0.00876.